The molecule has 0 saturated heterocycles. The Morgan fingerprint density at radius 1 is 1.36 bits per heavy atom. The van der Waals surface area contributed by atoms with Gasteiger partial charge in [-0.1, -0.05) is 6.92 Å². The predicted octanol–water partition coefficient (Wildman–Crippen LogP) is 2.52. The molecule has 1 atom stereocenters. The summed E-state index contributed by atoms with van der Waals surface area (Å²) in [6, 6.07) is -0.636. The summed E-state index contributed by atoms with van der Waals surface area (Å²) in [6.45, 7) is 2.39. The second-order valence-electron chi connectivity index (χ2n) is 6.78. The van der Waals surface area contributed by atoms with Crippen molar-refractivity contribution in [3.05, 3.63) is 26.6 Å². The maximum Gasteiger partial charge on any atom is 0.329 e. The van der Waals surface area contributed by atoms with Crippen LogP contribution in [0.3, 0.4) is 0 Å². The van der Waals surface area contributed by atoms with E-state index in [0.29, 0.717) is 24.2 Å². The zero-order chi connectivity index (χ0) is 18.1. The Morgan fingerprint density at radius 2 is 2.08 bits per heavy atom. The maximum absolute atomic E-state index is 13.4. The fraction of sp³-hybridized carbons (Fsp3) is 0.611. The number of rotatable bonds is 5. The van der Waals surface area contributed by atoms with Crippen molar-refractivity contribution in [2.24, 2.45) is 0 Å². The first kappa shape index (κ1) is 18.1. The molecule has 0 spiro atoms. The Balaban J connectivity index is 2.29. The molecule has 0 amide bonds. The molecule has 136 valence electrons. The Hall–Kier alpha value is -1.73. The lowest BCUT2D eigenvalue weighted by atomic mass is 9.97. The molecule has 2 heterocycles. The van der Waals surface area contributed by atoms with Crippen molar-refractivity contribution in [1.29, 1.82) is 0 Å². The Labute approximate surface area is 151 Å². The summed E-state index contributed by atoms with van der Waals surface area (Å²) in [6.07, 6.45) is 4.71. The van der Waals surface area contributed by atoms with Crippen LogP contribution in [-0.2, 0) is 28.9 Å². The standard InChI is InChI=1S/C18H25N3O3S/c1-5-12(18(23)24-4)21-14(10-20(2)3)19-16-15(17(21)22)11-8-6-7-9-13(11)25-16/h12H,5-10H2,1-4H3. The van der Waals surface area contributed by atoms with Gasteiger partial charge in [0.1, 0.15) is 16.7 Å². The third kappa shape index (κ3) is 3.22. The molecule has 0 aliphatic heterocycles. The molecule has 3 rings (SSSR count). The fourth-order valence-corrected chi connectivity index (χ4v) is 4.84. The molecular formula is C18H25N3O3S. The molecule has 1 aliphatic carbocycles. The van der Waals surface area contributed by atoms with Gasteiger partial charge in [0.2, 0.25) is 0 Å². The van der Waals surface area contributed by atoms with E-state index in [9.17, 15) is 9.59 Å². The molecule has 1 unspecified atom stereocenters. The number of hydrogen-bond acceptors (Lipinski definition) is 6. The predicted molar refractivity (Wildman–Crippen MR) is 99.3 cm³/mol. The molecule has 25 heavy (non-hydrogen) atoms. The van der Waals surface area contributed by atoms with Crippen LogP contribution in [0.2, 0.25) is 0 Å². The lowest BCUT2D eigenvalue weighted by molar-refractivity contribution is -0.144. The summed E-state index contributed by atoms with van der Waals surface area (Å²) < 4.78 is 6.51. The number of ether oxygens (including phenoxy) is 1. The minimum atomic E-state index is -0.636. The zero-order valence-electron chi connectivity index (χ0n) is 15.3. The van der Waals surface area contributed by atoms with Crippen molar-refractivity contribution >= 4 is 27.5 Å². The van der Waals surface area contributed by atoms with Gasteiger partial charge in [-0.15, -0.1) is 11.3 Å². The van der Waals surface area contributed by atoms with E-state index in [2.05, 4.69) is 0 Å². The summed E-state index contributed by atoms with van der Waals surface area (Å²) in [5, 5.41) is 0.713. The van der Waals surface area contributed by atoms with Gasteiger partial charge in [0.25, 0.3) is 5.56 Å². The van der Waals surface area contributed by atoms with E-state index in [0.717, 1.165) is 36.1 Å². The summed E-state index contributed by atoms with van der Waals surface area (Å²) in [5.41, 5.74) is 1.05. The van der Waals surface area contributed by atoms with Crippen LogP contribution in [0.5, 0.6) is 0 Å². The average Bonchev–Trinajstić information content (AvgIpc) is 2.95. The van der Waals surface area contributed by atoms with Crippen LogP contribution < -0.4 is 5.56 Å². The first-order valence-corrected chi connectivity index (χ1v) is 9.57. The van der Waals surface area contributed by atoms with Crippen LogP contribution in [0.1, 0.15) is 48.5 Å². The number of methoxy groups -OCH3 is 1. The van der Waals surface area contributed by atoms with E-state index in [4.69, 9.17) is 9.72 Å². The van der Waals surface area contributed by atoms with E-state index in [-0.39, 0.29) is 5.56 Å². The van der Waals surface area contributed by atoms with E-state index in [1.807, 2.05) is 25.9 Å². The van der Waals surface area contributed by atoms with Crippen molar-refractivity contribution in [3.63, 3.8) is 0 Å². The number of hydrogen-bond donors (Lipinski definition) is 0. The number of carbonyl (C=O) groups is 1. The average molecular weight is 363 g/mol. The molecule has 7 heteroatoms. The van der Waals surface area contributed by atoms with Crippen molar-refractivity contribution < 1.29 is 9.53 Å². The molecule has 1 aliphatic rings. The van der Waals surface area contributed by atoms with Gasteiger partial charge >= 0.3 is 5.97 Å². The maximum atomic E-state index is 13.4. The highest BCUT2D eigenvalue weighted by Crippen LogP contribution is 2.34. The minimum Gasteiger partial charge on any atom is -0.467 e. The largest absolute Gasteiger partial charge is 0.467 e. The second kappa shape index (κ2) is 7.25. The molecule has 0 radical (unpaired) electrons. The summed E-state index contributed by atoms with van der Waals surface area (Å²) in [5.74, 6) is 0.230. The minimum absolute atomic E-state index is 0.0986. The first-order chi connectivity index (χ1) is 12.0. The van der Waals surface area contributed by atoms with Gasteiger partial charge in [0.15, 0.2) is 0 Å². The number of carbonyl (C=O) groups excluding carboxylic acids is 1. The number of aryl methyl sites for hydroxylation is 2. The Kier molecular flexibility index (Phi) is 5.24. The van der Waals surface area contributed by atoms with E-state index >= 15 is 0 Å². The monoisotopic (exact) mass is 363 g/mol. The van der Waals surface area contributed by atoms with Crippen molar-refractivity contribution in [1.82, 2.24) is 14.5 Å². The van der Waals surface area contributed by atoms with Crippen LogP contribution in [0.4, 0.5) is 0 Å². The molecule has 2 aromatic rings. The van der Waals surface area contributed by atoms with Gasteiger partial charge in [0.05, 0.1) is 19.0 Å². The first-order valence-electron chi connectivity index (χ1n) is 8.76. The number of aromatic nitrogens is 2. The van der Waals surface area contributed by atoms with Crippen LogP contribution in [0.25, 0.3) is 10.2 Å². The summed E-state index contributed by atoms with van der Waals surface area (Å²) >= 11 is 1.64. The second-order valence-corrected chi connectivity index (χ2v) is 7.86. The Bertz CT molecular complexity index is 853. The van der Waals surface area contributed by atoms with Crippen molar-refractivity contribution in [3.8, 4) is 0 Å². The van der Waals surface area contributed by atoms with Crippen LogP contribution in [0, 0.1) is 0 Å². The van der Waals surface area contributed by atoms with Gasteiger partial charge in [-0.3, -0.25) is 9.36 Å². The highest BCUT2D eigenvalue weighted by atomic mass is 32.1. The molecule has 0 bridgehead atoms. The van der Waals surface area contributed by atoms with Crippen molar-refractivity contribution in [2.75, 3.05) is 21.2 Å². The molecular weight excluding hydrogens is 338 g/mol. The van der Waals surface area contributed by atoms with Gasteiger partial charge in [0, 0.05) is 4.88 Å². The third-order valence-electron chi connectivity index (χ3n) is 4.72. The van der Waals surface area contributed by atoms with E-state index in [1.165, 1.54) is 12.0 Å². The molecule has 6 nitrogen and oxygen atoms in total. The van der Waals surface area contributed by atoms with Crippen molar-refractivity contribution in [2.45, 2.75) is 51.6 Å². The van der Waals surface area contributed by atoms with Gasteiger partial charge in [-0.2, -0.15) is 0 Å². The third-order valence-corrected chi connectivity index (χ3v) is 5.91. The molecule has 2 aromatic heterocycles. The van der Waals surface area contributed by atoms with Gasteiger partial charge < -0.3 is 9.64 Å². The van der Waals surface area contributed by atoms with Gasteiger partial charge in [-0.25, -0.2) is 9.78 Å². The number of fused-ring (bicyclic) bond motifs is 3. The Morgan fingerprint density at radius 3 is 2.72 bits per heavy atom. The summed E-state index contributed by atoms with van der Waals surface area (Å²) in [4.78, 5) is 34.5. The fourth-order valence-electron chi connectivity index (χ4n) is 3.57. The van der Waals surface area contributed by atoms with Gasteiger partial charge in [-0.05, 0) is 51.8 Å². The lowest BCUT2D eigenvalue weighted by Gasteiger charge is -2.21. The number of nitrogens with zero attached hydrogens (tertiary/aromatic N) is 3. The number of esters is 1. The smallest absolute Gasteiger partial charge is 0.329 e. The van der Waals surface area contributed by atoms with Crippen LogP contribution in [0.15, 0.2) is 4.79 Å². The SMILES string of the molecule is CCC(C(=O)OC)n1c(CN(C)C)nc2sc3c(c2c1=O)CCCC3. The lowest BCUT2D eigenvalue weighted by Crippen LogP contribution is -2.35. The molecule has 0 aromatic carbocycles. The highest BCUT2D eigenvalue weighted by molar-refractivity contribution is 7.18. The number of thiophene rings is 1. The summed E-state index contributed by atoms with van der Waals surface area (Å²) in [7, 11) is 5.22. The van der Waals surface area contributed by atoms with Crippen LogP contribution >= 0.6 is 11.3 Å². The molecule has 0 fully saturated rings. The topological polar surface area (TPSA) is 64.4 Å². The zero-order valence-corrected chi connectivity index (χ0v) is 16.1. The molecule has 0 N–H and O–H groups in total. The van der Waals surface area contributed by atoms with E-state index in [1.54, 1.807) is 15.9 Å². The molecule has 0 saturated carbocycles. The van der Waals surface area contributed by atoms with Crippen LogP contribution in [-0.4, -0.2) is 41.6 Å². The normalized spacial score (nSPS) is 15.4. The quantitative estimate of drug-likeness (QED) is 0.764. The van der Waals surface area contributed by atoms with E-state index < -0.39 is 12.0 Å². The highest BCUT2D eigenvalue weighted by Gasteiger charge is 2.28.